The van der Waals surface area contributed by atoms with Gasteiger partial charge in [0.25, 0.3) is 11.5 Å². The van der Waals surface area contributed by atoms with Gasteiger partial charge in [-0.05, 0) is 54.1 Å². The monoisotopic (exact) mass is 634 g/mol. The maximum atomic E-state index is 13.6. The second-order valence-corrected chi connectivity index (χ2v) is 11.3. The summed E-state index contributed by atoms with van der Waals surface area (Å²) in [6.07, 6.45) is 1.17. The number of amides is 1. The number of nitrogens with two attached hydrogens (primary N) is 1. The van der Waals surface area contributed by atoms with Gasteiger partial charge >= 0.3 is 0 Å². The molecule has 1 aromatic heterocycles. The van der Waals surface area contributed by atoms with E-state index in [1.165, 1.54) is 24.4 Å². The van der Waals surface area contributed by atoms with Gasteiger partial charge in [0.1, 0.15) is 22.7 Å². The lowest BCUT2D eigenvalue weighted by Gasteiger charge is -2.27. The van der Waals surface area contributed by atoms with Gasteiger partial charge in [0.15, 0.2) is 11.2 Å². The van der Waals surface area contributed by atoms with Crippen LogP contribution >= 0.6 is 0 Å². The number of fused-ring (bicyclic) bond motifs is 4. The number of nitrogens with one attached hydrogen (secondary N) is 2. The number of nitrogens with zero attached hydrogens (tertiary/aromatic N) is 1. The minimum atomic E-state index is -2.01. The average molecular weight is 635 g/mol. The summed E-state index contributed by atoms with van der Waals surface area (Å²) < 4.78 is 4.89. The molecule has 234 valence electrons. The van der Waals surface area contributed by atoms with Gasteiger partial charge in [-0.2, -0.15) is 5.10 Å². The maximum absolute atomic E-state index is 13.6. The molecule has 7 rings (SSSR count). The zero-order chi connectivity index (χ0) is 33.5. The van der Waals surface area contributed by atoms with Gasteiger partial charge in [0, 0.05) is 22.9 Å². The number of aromatic hydroxyl groups is 1. The lowest BCUT2D eigenvalue weighted by molar-refractivity contribution is 0.0955. The van der Waals surface area contributed by atoms with E-state index in [9.17, 15) is 44.1 Å². The number of aromatic nitrogens is 1. The molecule has 4 aliphatic carbocycles. The molecule has 7 N–H and O–H groups in total. The van der Waals surface area contributed by atoms with Crippen molar-refractivity contribution in [1.82, 2.24) is 10.4 Å². The van der Waals surface area contributed by atoms with Crippen molar-refractivity contribution in [2.75, 3.05) is 12.8 Å². The Balaban J connectivity index is 1.39. The summed E-state index contributed by atoms with van der Waals surface area (Å²) in [6, 6.07) is 9.93. The predicted octanol–water partition coefficient (Wildman–Crippen LogP) is -1.14. The number of pyridine rings is 1. The number of aryl methyl sites for hydroxylation is 1. The first-order chi connectivity index (χ1) is 22.4. The molecule has 14 nitrogen and oxygen atoms in total. The van der Waals surface area contributed by atoms with E-state index in [1.54, 1.807) is 18.2 Å². The first kappa shape index (κ1) is 29.2. The molecule has 0 aliphatic heterocycles. The number of hydrogen-bond donors (Lipinski definition) is 6. The molecule has 47 heavy (non-hydrogen) atoms. The SMILES string of the molecule is COc1cc(=O)c2c(=O)c3c(c(=O)c=2c1=O)=C(O)C1(CCc2cc4cc(/C=N/NC(=O)c5ccc(N)cc5)[nH]c(=O)c4c(O)c21)C=3O. The Hall–Kier alpha value is -6.57. The Bertz CT molecular complexity index is 2760. The fraction of sp³-hybridized carbons (Fsp3) is 0.121. The number of aromatic amines is 1. The number of anilines is 1. The van der Waals surface area contributed by atoms with Crippen LogP contribution in [0.2, 0.25) is 0 Å². The van der Waals surface area contributed by atoms with Gasteiger partial charge in [-0.25, -0.2) is 5.43 Å². The number of rotatable bonds is 4. The van der Waals surface area contributed by atoms with E-state index < -0.39 is 82.5 Å². The maximum Gasteiger partial charge on any atom is 0.271 e. The molecule has 0 bridgehead atoms. The smallest absolute Gasteiger partial charge is 0.271 e. The van der Waals surface area contributed by atoms with Crippen LogP contribution in [0.3, 0.4) is 0 Å². The highest BCUT2D eigenvalue weighted by Gasteiger charge is 2.53. The second kappa shape index (κ2) is 9.97. The topological polar surface area (TPSA) is 239 Å². The number of carbonyl (C=O) groups excluding carboxylic acids is 1. The molecule has 2 aromatic carbocycles. The molecular weight excluding hydrogens is 612 g/mol. The van der Waals surface area contributed by atoms with Crippen LogP contribution in [-0.2, 0) is 11.8 Å². The lowest BCUT2D eigenvalue weighted by Crippen LogP contribution is -2.51. The number of phenolic OH excluding ortho intramolecular Hbond substituents is 1. The fourth-order valence-electron chi connectivity index (χ4n) is 6.70. The van der Waals surface area contributed by atoms with Gasteiger partial charge in [-0.15, -0.1) is 0 Å². The predicted molar refractivity (Wildman–Crippen MR) is 169 cm³/mol. The molecule has 0 saturated carbocycles. The average Bonchev–Trinajstić information content (AvgIpc) is 3.53. The summed E-state index contributed by atoms with van der Waals surface area (Å²) >= 11 is 0. The van der Waals surface area contributed by atoms with Crippen molar-refractivity contribution >= 4 is 40.1 Å². The molecule has 1 unspecified atom stereocenters. The summed E-state index contributed by atoms with van der Waals surface area (Å²) in [5, 5.41) is 35.7. The summed E-state index contributed by atoms with van der Waals surface area (Å²) in [6.45, 7) is 0. The highest BCUT2D eigenvalue weighted by Crippen LogP contribution is 2.54. The lowest BCUT2D eigenvalue weighted by atomic mass is 9.78. The van der Waals surface area contributed by atoms with Crippen LogP contribution in [0.25, 0.3) is 22.3 Å². The van der Waals surface area contributed by atoms with Crippen LogP contribution in [-0.4, -0.2) is 39.5 Å². The number of nitrogen functional groups attached to an aromatic ring is 1. The van der Waals surface area contributed by atoms with Crippen LogP contribution in [0, 0.1) is 10.4 Å². The number of hydrogen-bond acceptors (Lipinski definition) is 12. The van der Waals surface area contributed by atoms with E-state index in [1.807, 2.05) is 0 Å². The molecule has 3 aromatic rings. The molecule has 0 radical (unpaired) electrons. The highest BCUT2D eigenvalue weighted by atomic mass is 16.5. The van der Waals surface area contributed by atoms with Crippen LogP contribution < -0.4 is 53.6 Å². The molecule has 14 heteroatoms. The zero-order valence-corrected chi connectivity index (χ0v) is 24.3. The minimum Gasteiger partial charge on any atom is -0.510 e. The van der Waals surface area contributed by atoms with E-state index >= 15 is 0 Å². The number of phenols is 1. The zero-order valence-electron chi connectivity index (χ0n) is 24.3. The van der Waals surface area contributed by atoms with Crippen LogP contribution in [0.5, 0.6) is 11.5 Å². The van der Waals surface area contributed by atoms with Crippen molar-refractivity contribution in [3.8, 4) is 11.5 Å². The van der Waals surface area contributed by atoms with Crippen molar-refractivity contribution in [2.24, 2.45) is 5.10 Å². The molecule has 1 amide bonds. The standard InChI is InChI=1S/C33H22N4O10/c1-47-18-10-17(38)20-21(25(18)39)27(41)23-22(26(20)40)29(43)33(30(23)44)7-6-13-8-14-9-16(36-32(46)19(14)28(42)24(13)33)11-35-37-31(45)12-2-4-15(34)5-3-12/h2-5,8-11,42-44H,6-7,34H2,1H3,(H,36,46)(H,37,45)/b35-11+. The van der Waals surface area contributed by atoms with Crippen LogP contribution in [0.1, 0.15) is 33.6 Å². The summed E-state index contributed by atoms with van der Waals surface area (Å²) in [7, 11) is 1.11. The third-order valence-electron chi connectivity index (χ3n) is 8.82. The first-order valence-electron chi connectivity index (χ1n) is 14.1. The number of methoxy groups -OCH3 is 1. The van der Waals surface area contributed by atoms with Gasteiger partial charge in [0.2, 0.25) is 16.3 Å². The van der Waals surface area contributed by atoms with Crippen molar-refractivity contribution < 1.29 is 24.9 Å². The summed E-state index contributed by atoms with van der Waals surface area (Å²) in [5.74, 6) is -3.21. The Morgan fingerprint density at radius 3 is 2.26 bits per heavy atom. The molecule has 4 aliphatic rings. The first-order valence-corrected chi connectivity index (χ1v) is 14.1. The second-order valence-electron chi connectivity index (χ2n) is 11.3. The molecule has 0 saturated heterocycles. The number of aliphatic hydroxyl groups excluding tert-OH is 2. The number of carbonyl (C=O) groups is 1. The van der Waals surface area contributed by atoms with E-state index in [0.29, 0.717) is 16.8 Å². The number of hydrazone groups is 1. The van der Waals surface area contributed by atoms with Crippen molar-refractivity contribution in [3.63, 3.8) is 0 Å². The number of ether oxygens (including phenoxy) is 1. The third-order valence-corrected chi connectivity index (χ3v) is 8.82. The van der Waals surface area contributed by atoms with Gasteiger partial charge in [-0.3, -0.25) is 28.8 Å². The fourth-order valence-corrected chi connectivity index (χ4v) is 6.70. The number of aliphatic hydroxyl groups is 2. The Kier molecular flexibility index (Phi) is 6.18. The van der Waals surface area contributed by atoms with E-state index in [2.05, 4.69) is 15.5 Å². The largest absolute Gasteiger partial charge is 0.510 e. The normalized spacial score (nSPS) is 16.8. The van der Waals surface area contributed by atoms with Crippen molar-refractivity contribution in [2.45, 2.75) is 18.3 Å². The van der Waals surface area contributed by atoms with Gasteiger partial charge in [0.05, 0.1) is 45.3 Å². The molecular formula is C33H22N4O10. The quantitative estimate of drug-likeness (QED) is 0.0785. The molecule has 1 heterocycles. The Morgan fingerprint density at radius 1 is 0.936 bits per heavy atom. The Morgan fingerprint density at radius 2 is 1.60 bits per heavy atom. The Labute approximate surface area is 260 Å². The van der Waals surface area contributed by atoms with Crippen molar-refractivity contribution in [1.29, 1.82) is 0 Å². The highest BCUT2D eigenvalue weighted by molar-refractivity contribution is 5.97. The van der Waals surface area contributed by atoms with Crippen molar-refractivity contribution in [3.05, 3.63) is 137 Å². The molecule has 0 fully saturated rings. The van der Waals surface area contributed by atoms with E-state index in [0.717, 1.165) is 13.2 Å². The van der Waals surface area contributed by atoms with Gasteiger partial charge < -0.3 is 30.8 Å². The minimum absolute atomic E-state index is 0.107. The molecule has 1 spiro atoms. The number of benzene rings is 2. The van der Waals surface area contributed by atoms with Crippen LogP contribution in [0.4, 0.5) is 5.69 Å². The van der Waals surface area contributed by atoms with Crippen LogP contribution in [0.15, 0.2) is 71.5 Å². The van der Waals surface area contributed by atoms with Gasteiger partial charge in [-0.1, -0.05) is 6.07 Å². The summed E-state index contributed by atoms with van der Waals surface area (Å²) in [5.41, 5.74) is 2.08. The third kappa shape index (κ3) is 3.87. The summed E-state index contributed by atoms with van der Waals surface area (Å²) in [4.78, 5) is 81.1. The molecule has 1 atom stereocenters. The van der Waals surface area contributed by atoms with E-state index in [-0.39, 0.29) is 34.9 Å². The number of H-pyrrole nitrogens is 1. The van der Waals surface area contributed by atoms with E-state index in [4.69, 9.17) is 10.5 Å².